The van der Waals surface area contributed by atoms with Crippen molar-refractivity contribution in [2.75, 3.05) is 18.4 Å². The van der Waals surface area contributed by atoms with Crippen molar-refractivity contribution in [1.29, 1.82) is 0 Å². The monoisotopic (exact) mass is 418 g/mol. The zero-order valence-corrected chi connectivity index (χ0v) is 17.7. The number of anilines is 2. The summed E-state index contributed by atoms with van der Waals surface area (Å²) in [4.78, 5) is 24.1. The van der Waals surface area contributed by atoms with Gasteiger partial charge in [0.2, 0.25) is 0 Å². The van der Waals surface area contributed by atoms with Gasteiger partial charge in [-0.1, -0.05) is 11.6 Å². The standard InChI is InChI=1S/C22H22N6OS/c1-13-3-4-18-17(9-13)20(27-26-18)21(29)28-7-5-15(12-28)19-11-16(10-14(2)24-19)25-22-23-6-8-30-22/h3-4,6,8-11,15H,5,7,12H2,1-2H3,(H,26,27)(H,23,24,25). The quantitative estimate of drug-likeness (QED) is 0.513. The van der Waals surface area contributed by atoms with Crippen molar-refractivity contribution in [2.45, 2.75) is 26.2 Å². The van der Waals surface area contributed by atoms with Crippen LogP contribution in [0.1, 0.15) is 39.8 Å². The number of hydrogen-bond acceptors (Lipinski definition) is 6. The maximum absolute atomic E-state index is 13.2. The molecule has 1 unspecified atom stereocenters. The van der Waals surface area contributed by atoms with Gasteiger partial charge in [-0.25, -0.2) is 4.98 Å². The minimum Gasteiger partial charge on any atom is -0.337 e. The molecule has 1 amide bonds. The number of aryl methyl sites for hydroxylation is 2. The minimum absolute atomic E-state index is 0.0249. The van der Waals surface area contributed by atoms with E-state index in [4.69, 9.17) is 4.98 Å². The fourth-order valence-corrected chi connectivity index (χ4v) is 4.56. The van der Waals surface area contributed by atoms with Crippen LogP contribution in [-0.4, -0.2) is 44.1 Å². The van der Waals surface area contributed by atoms with Crippen molar-refractivity contribution in [3.8, 4) is 0 Å². The average Bonchev–Trinajstić information content (AvgIpc) is 3.47. The van der Waals surface area contributed by atoms with Crippen molar-refractivity contribution < 1.29 is 4.79 Å². The Morgan fingerprint density at radius 2 is 2.17 bits per heavy atom. The number of pyridine rings is 1. The van der Waals surface area contributed by atoms with Crippen molar-refractivity contribution in [3.05, 3.63) is 64.6 Å². The SMILES string of the molecule is Cc1ccc2[nH]nc(C(=O)N3CCC(c4cc(Nc5nccs5)cc(C)n4)C3)c2c1. The first-order valence-corrected chi connectivity index (χ1v) is 10.8. The number of nitrogens with one attached hydrogen (secondary N) is 2. The molecule has 1 fully saturated rings. The van der Waals surface area contributed by atoms with E-state index in [2.05, 4.69) is 26.6 Å². The molecule has 4 heterocycles. The number of carbonyl (C=O) groups excluding carboxylic acids is 1. The molecule has 1 aromatic carbocycles. The van der Waals surface area contributed by atoms with E-state index in [1.165, 1.54) is 0 Å². The van der Waals surface area contributed by atoms with Gasteiger partial charge in [0.15, 0.2) is 10.8 Å². The second-order valence-corrected chi connectivity index (χ2v) is 8.64. The van der Waals surface area contributed by atoms with Crippen molar-refractivity contribution in [3.63, 3.8) is 0 Å². The van der Waals surface area contributed by atoms with Crippen LogP contribution in [0.2, 0.25) is 0 Å². The molecule has 0 saturated carbocycles. The predicted octanol–water partition coefficient (Wildman–Crippen LogP) is 4.40. The highest BCUT2D eigenvalue weighted by Gasteiger charge is 2.31. The fraction of sp³-hybridized carbons (Fsp3) is 0.273. The van der Waals surface area contributed by atoms with Crippen LogP contribution in [0.5, 0.6) is 0 Å². The Balaban J connectivity index is 1.36. The van der Waals surface area contributed by atoms with E-state index in [9.17, 15) is 4.79 Å². The lowest BCUT2D eigenvalue weighted by Crippen LogP contribution is -2.29. The largest absolute Gasteiger partial charge is 0.337 e. The molecule has 8 heteroatoms. The third-order valence-corrected chi connectivity index (χ3v) is 6.16. The van der Waals surface area contributed by atoms with E-state index in [1.807, 2.05) is 48.4 Å². The molecule has 152 valence electrons. The molecule has 7 nitrogen and oxygen atoms in total. The van der Waals surface area contributed by atoms with E-state index in [1.54, 1.807) is 17.5 Å². The van der Waals surface area contributed by atoms with Crippen LogP contribution in [0.3, 0.4) is 0 Å². The highest BCUT2D eigenvalue weighted by atomic mass is 32.1. The van der Waals surface area contributed by atoms with Crippen molar-refractivity contribution >= 4 is 39.0 Å². The van der Waals surface area contributed by atoms with Gasteiger partial charge >= 0.3 is 0 Å². The molecule has 1 atom stereocenters. The highest BCUT2D eigenvalue weighted by molar-refractivity contribution is 7.13. The lowest BCUT2D eigenvalue weighted by atomic mass is 10.0. The molecule has 1 aliphatic heterocycles. The Morgan fingerprint density at radius 1 is 1.27 bits per heavy atom. The summed E-state index contributed by atoms with van der Waals surface area (Å²) in [5.41, 5.74) is 5.43. The maximum Gasteiger partial charge on any atom is 0.275 e. The van der Waals surface area contributed by atoms with E-state index >= 15 is 0 Å². The number of benzene rings is 1. The molecule has 1 saturated heterocycles. The van der Waals surface area contributed by atoms with Crippen LogP contribution in [0.25, 0.3) is 10.9 Å². The lowest BCUT2D eigenvalue weighted by molar-refractivity contribution is 0.0786. The zero-order valence-electron chi connectivity index (χ0n) is 16.8. The van der Waals surface area contributed by atoms with Gasteiger partial charge in [0.25, 0.3) is 5.91 Å². The third kappa shape index (κ3) is 3.54. The smallest absolute Gasteiger partial charge is 0.275 e. The Morgan fingerprint density at radius 3 is 3.00 bits per heavy atom. The summed E-state index contributed by atoms with van der Waals surface area (Å²) in [7, 11) is 0. The summed E-state index contributed by atoms with van der Waals surface area (Å²) in [5, 5.41) is 14.3. The van der Waals surface area contributed by atoms with Crippen LogP contribution in [0.15, 0.2) is 41.9 Å². The fourth-order valence-electron chi connectivity index (χ4n) is 4.01. The predicted molar refractivity (Wildman–Crippen MR) is 118 cm³/mol. The van der Waals surface area contributed by atoms with Gasteiger partial charge in [0.1, 0.15) is 0 Å². The number of hydrogen-bond donors (Lipinski definition) is 2. The molecule has 3 aromatic heterocycles. The maximum atomic E-state index is 13.2. The summed E-state index contributed by atoms with van der Waals surface area (Å²) < 4.78 is 0. The van der Waals surface area contributed by atoms with Gasteiger partial charge in [-0.05, 0) is 44.5 Å². The number of aromatic nitrogens is 4. The Labute approximate surface area is 178 Å². The zero-order chi connectivity index (χ0) is 20.7. The molecule has 0 spiro atoms. The number of thiazole rings is 1. The second-order valence-electron chi connectivity index (χ2n) is 7.74. The van der Waals surface area contributed by atoms with Gasteiger partial charge in [-0.15, -0.1) is 11.3 Å². The highest BCUT2D eigenvalue weighted by Crippen LogP contribution is 2.30. The molecular weight excluding hydrogens is 396 g/mol. The van der Waals surface area contributed by atoms with Crippen LogP contribution < -0.4 is 5.32 Å². The number of likely N-dealkylation sites (tertiary alicyclic amines) is 1. The summed E-state index contributed by atoms with van der Waals surface area (Å²) in [6.45, 7) is 5.36. The molecule has 0 aliphatic carbocycles. The number of carbonyl (C=O) groups is 1. The number of H-pyrrole nitrogens is 1. The van der Waals surface area contributed by atoms with Crippen molar-refractivity contribution in [2.24, 2.45) is 0 Å². The summed E-state index contributed by atoms with van der Waals surface area (Å²) >= 11 is 1.56. The van der Waals surface area contributed by atoms with Crippen LogP contribution in [0.4, 0.5) is 10.8 Å². The first-order valence-electron chi connectivity index (χ1n) is 9.96. The van der Waals surface area contributed by atoms with E-state index in [0.29, 0.717) is 18.8 Å². The summed E-state index contributed by atoms with van der Waals surface area (Å²) in [6.07, 6.45) is 2.67. The molecule has 0 bridgehead atoms. The summed E-state index contributed by atoms with van der Waals surface area (Å²) in [6, 6.07) is 10.1. The first kappa shape index (κ1) is 18.7. The van der Waals surface area contributed by atoms with E-state index in [0.717, 1.165) is 45.1 Å². The normalized spacial score (nSPS) is 16.3. The molecule has 4 aromatic rings. The topological polar surface area (TPSA) is 86.8 Å². The Hall–Kier alpha value is -3.26. The van der Waals surface area contributed by atoms with E-state index in [-0.39, 0.29) is 11.8 Å². The Bertz CT molecular complexity index is 1220. The van der Waals surface area contributed by atoms with Crippen molar-refractivity contribution in [1.82, 2.24) is 25.1 Å². The Kier molecular flexibility index (Phi) is 4.71. The van der Waals surface area contributed by atoms with Crippen LogP contribution >= 0.6 is 11.3 Å². The van der Waals surface area contributed by atoms with Crippen LogP contribution in [-0.2, 0) is 0 Å². The minimum atomic E-state index is -0.0249. The molecule has 5 rings (SSSR count). The van der Waals surface area contributed by atoms with Gasteiger partial charge in [0.05, 0.1) is 5.52 Å². The van der Waals surface area contributed by atoms with Gasteiger partial charge in [-0.2, -0.15) is 5.10 Å². The average molecular weight is 419 g/mol. The number of rotatable bonds is 4. The number of amides is 1. The summed E-state index contributed by atoms with van der Waals surface area (Å²) in [5.74, 6) is 0.181. The van der Waals surface area contributed by atoms with Gasteiger partial charge in [-0.3, -0.25) is 14.9 Å². The van der Waals surface area contributed by atoms with Crippen LogP contribution in [0, 0.1) is 13.8 Å². The third-order valence-electron chi connectivity index (χ3n) is 5.47. The molecule has 1 aliphatic rings. The molecule has 30 heavy (non-hydrogen) atoms. The second kappa shape index (κ2) is 7.53. The molecule has 0 radical (unpaired) electrons. The van der Waals surface area contributed by atoms with Gasteiger partial charge < -0.3 is 10.2 Å². The van der Waals surface area contributed by atoms with Gasteiger partial charge in [0, 0.05) is 53.0 Å². The number of fused-ring (bicyclic) bond motifs is 1. The molecular formula is C22H22N6OS. The number of nitrogens with zero attached hydrogens (tertiary/aromatic N) is 4. The van der Waals surface area contributed by atoms with E-state index < -0.39 is 0 Å². The number of aromatic amines is 1. The molecule has 2 N–H and O–H groups in total. The first-order chi connectivity index (χ1) is 14.6. The lowest BCUT2D eigenvalue weighted by Gasteiger charge is -2.16.